The molecule has 1 atom stereocenters. The van der Waals surface area contributed by atoms with Crippen molar-refractivity contribution in [1.29, 1.82) is 0 Å². The molecule has 1 aromatic carbocycles. The number of furan rings is 1. The van der Waals surface area contributed by atoms with E-state index in [-0.39, 0.29) is 12.5 Å². The molecular weight excluding hydrogens is 462 g/mol. The average Bonchev–Trinajstić information content (AvgIpc) is 3.63. The highest BCUT2D eigenvalue weighted by atomic mass is 32.2. The van der Waals surface area contributed by atoms with Gasteiger partial charge in [-0.2, -0.15) is 0 Å². The van der Waals surface area contributed by atoms with Gasteiger partial charge in [-0.05, 0) is 43.7 Å². The molecule has 2 aromatic heterocycles. The number of carbonyl (C=O) groups is 1. The van der Waals surface area contributed by atoms with Crippen molar-refractivity contribution in [3.8, 4) is 11.3 Å². The van der Waals surface area contributed by atoms with Gasteiger partial charge in [0.1, 0.15) is 5.76 Å². The number of hydrogen-bond donors (Lipinski definition) is 1. The normalized spacial score (nSPS) is 14.5. The van der Waals surface area contributed by atoms with Gasteiger partial charge < -0.3 is 14.3 Å². The molecule has 7 nitrogen and oxygen atoms in total. The van der Waals surface area contributed by atoms with Crippen LogP contribution in [-0.2, 0) is 17.8 Å². The minimum atomic E-state index is -2.34. The van der Waals surface area contributed by atoms with Crippen LogP contribution in [0.2, 0.25) is 0 Å². The number of unbranched alkanes of at least 4 members (excludes halogenated alkanes) is 4. The molecule has 1 aliphatic carbocycles. The van der Waals surface area contributed by atoms with Crippen LogP contribution in [-0.4, -0.2) is 37.6 Å². The van der Waals surface area contributed by atoms with Gasteiger partial charge in [-0.1, -0.05) is 62.4 Å². The fourth-order valence-corrected chi connectivity index (χ4v) is 4.98. The number of amides is 1. The van der Waals surface area contributed by atoms with Crippen LogP contribution in [0.3, 0.4) is 0 Å². The molecule has 4 rings (SSSR count). The number of aromatic nitrogens is 1. The van der Waals surface area contributed by atoms with Crippen LogP contribution >= 0.6 is 0 Å². The first-order valence-corrected chi connectivity index (χ1v) is 13.6. The molecule has 0 bridgehead atoms. The van der Waals surface area contributed by atoms with E-state index in [9.17, 15) is 13.6 Å². The number of fused-ring (bicyclic) bond motifs is 1. The summed E-state index contributed by atoms with van der Waals surface area (Å²) in [4.78, 5) is 17.7. The monoisotopic (exact) mass is 496 g/mol. The van der Waals surface area contributed by atoms with E-state index in [0.29, 0.717) is 40.6 Å². The summed E-state index contributed by atoms with van der Waals surface area (Å²) < 4.78 is 31.6. The first-order valence-electron chi connectivity index (χ1n) is 12.5. The molecule has 1 amide bonds. The number of nitrogens with zero attached hydrogens (tertiary/aromatic N) is 2. The third-order valence-electron chi connectivity index (χ3n) is 6.63. The lowest BCUT2D eigenvalue weighted by Crippen LogP contribution is -2.27. The van der Waals surface area contributed by atoms with Crippen molar-refractivity contribution < 1.29 is 18.0 Å². The third kappa shape index (κ3) is 6.00. The second-order valence-corrected chi connectivity index (χ2v) is 10.3. The molecular formula is C27H34N3O4S-. The number of benzene rings is 1. The Hall–Kier alpha value is -2.55. The van der Waals surface area contributed by atoms with Crippen LogP contribution in [0.15, 0.2) is 34.7 Å². The lowest BCUT2D eigenvalue weighted by atomic mass is 10.0. The molecule has 35 heavy (non-hydrogen) atoms. The van der Waals surface area contributed by atoms with Crippen molar-refractivity contribution in [2.75, 3.05) is 13.6 Å². The van der Waals surface area contributed by atoms with Crippen molar-refractivity contribution in [2.45, 2.75) is 71.3 Å². The Labute approximate surface area is 209 Å². The maximum atomic E-state index is 12.9. The van der Waals surface area contributed by atoms with E-state index >= 15 is 0 Å². The fourth-order valence-electron chi connectivity index (χ4n) is 4.47. The number of pyridine rings is 1. The number of nitrogens with one attached hydrogen (secondary N) is 1. The summed E-state index contributed by atoms with van der Waals surface area (Å²) in [5.74, 6) is 0.583. The molecule has 8 heteroatoms. The van der Waals surface area contributed by atoms with Crippen molar-refractivity contribution in [1.82, 2.24) is 14.6 Å². The van der Waals surface area contributed by atoms with Crippen LogP contribution in [0.1, 0.15) is 85.0 Å². The second kappa shape index (κ2) is 11.5. The molecule has 2 heterocycles. The first kappa shape index (κ1) is 25.5. The van der Waals surface area contributed by atoms with Crippen molar-refractivity contribution >= 4 is 28.3 Å². The highest BCUT2D eigenvalue weighted by Gasteiger charge is 2.31. The van der Waals surface area contributed by atoms with E-state index in [4.69, 9.17) is 9.40 Å². The van der Waals surface area contributed by atoms with Crippen molar-refractivity contribution in [3.05, 3.63) is 52.7 Å². The van der Waals surface area contributed by atoms with Crippen molar-refractivity contribution in [3.63, 3.8) is 0 Å². The van der Waals surface area contributed by atoms with Gasteiger partial charge in [-0.3, -0.25) is 9.00 Å². The SMILES string of the molecule is CCCCCCCN(Cc1nc2oc(-c3ccc(C)cc3)c(C(=O)NC)c2cc1C1CC1)S(=O)[O-]. The van der Waals surface area contributed by atoms with Gasteiger partial charge in [0.05, 0.1) is 23.2 Å². The van der Waals surface area contributed by atoms with Gasteiger partial charge in [0.2, 0.25) is 5.71 Å². The Morgan fingerprint density at radius 3 is 2.54 bits per heavy atom. The maximum Gasteiger partial charge on any atom is 0.255 e. The summed E-state index contributed by atoms with van der Waals surface area (Å²) in [5.41, 5.74) is 4.47. The van der Waals surface area contributed by atoms with Gasteiger partial charge in [0.15, 0.2) is 0 Å². The van der Waals surface area contributed by atoms with E-state index in [0.717, 1.165) is 55.2 Å². The van der Waals surface area contributed by atoms with E-state index in [2.05, 4.69) is 12.2 Å². The number of hydrogen-bond acceptors (Lipinski definition) is 5. The zero-order chi connectivity index (χ0) is 24.9. The standard InChI is InChI=1S/C27H35N3O4S/c1-4-5-6-7-8-15-30(35(32)33)17-23-21(19-13-14-19)16-22-24(26(31)28-3)25(34-27(22)29-23)20-11-9-18(2)10-12-20/h9-12,16,19H,4-8,13-15,17H2,1-3H3,(H,28,31)(H,32,33)/p-1. The molecule has 1 aliphatic rings. The molecule has 1 N–H and O–H groups in total. The summed E-state index contributed by atoms with van der Waals surface area (Å²) in [6, 6.07) is 9.82. The molecule has 1 fully saturated rings. The molecule has 0 aliphatic heterocycles. The van der Waals surface area contributed by atoms with Crippen LogP contribution in [0.5, 0.6) is 0 Å². The predicted molar refractivity (Wildman–Crippen MR) is 138 cm³/mol. The average molecular weight is 497 g/mol. The summed E-state index contributed by atoms with van der Waals surface area (Å²) in [5, 5.41) is 3.39. The van der Waals surface area contributed by atoms with Gasteiger partial charge in [-0.15, -0.1) is 0 Å². The molecule has 188 valence electrons. The van der Waals surface area contributed by atoms with Crippen LogP contribution < -0.4 is 5.32 Å². The highest BCUT2D eigenvalue weighted by molar-refractivity contribution is 7.76. The topological polar surface area (TPSA) is 98.5 Å². The Morgan fingerprint density at radius 2 is 1.91 bits per heavy atom. The fraction of sp³-hybridized carbons (Fsp3) is 0.481. The van der Waals surface area contributed by atoms with Gasteiger partial charge in [-0.25, -0.2) is 9.29 Å². The second-order valence-electron chi connectivity index (χ2n) is 9.40. The zero-order valence-electron chi connectivity index (χ0n) is 20.8. The minimum Gasteiger partial charge on any atom is -0.760 e. The summed E-state index contributed by atoms with van der Waals surface area (Å²) >= 11 is -2.34. The van der Waals surface area contributed by atoms with E-state index < -0.39 is 11.3 Å². The number of carbonyl (C=O) groups excluding carboxylic acids is 1. The largest absolute Gasteiger partial charge is 0.760 e. The molecule has 0 spiro atoms. The number of rotatable bonds is 12. The highest BCUT2D eigenvalue weighted by Crippen LogP contribution is 2.44. The Balaban J connectivity index is 1.72. The van der Waals surface area contributed by atoms with Crippen LogP contribution in [0, 0.1) is 6.92 Å². The van der Waals surface area contributed by atoms with E-state index in [1.807, 2.05) is 37.3 Å². The molecule has 1 saturated carbocycles. The zero-order valence-corrected chi connectivity index (χ0v) is 21.6. The smallest absolute Gasteiger partial charge is 0.255 e. The number of aryl methyl sites for hydroxylation is 1. The maximum absolute atomic E-state index is 12.9. The summed E-state index contributed by atoms with van der Waals surface area (Å²) in [7, 11) is 1.60. The van der Waals surface area contributed by atoms with Gasteiger partial charge >= 0.3 is 0 Å². The Kier molecular flexibility index (Phi) is 8.36. The quantitative estimate of drug-likeness (QED) is 0.260. The molecule has 1 unspecified atom stereocenters. The van der Waals surface area contributed by atoms with Gasteiger partial charge in [0, 0.05) is 30.4 Å². The summed E-state index contributed by atoms with van der Waals surface area (Å²) in [6.07, 6.45) is 7.35. The molecule has 3 aromatic rings. The lowest BCUT2D eigenvalue weighted by molar-refractivity contribution is 0.0964. The lowest BCUT2D eigenvalue weighted by Gasteiger charge is -2.24. The van der Waals surface area contributed by atoms with Gasteiger partial charge in [0.25, 0.3) is 5.91 Å². The van der Waals surface area contributed by atoms with Crippen LogP contribution in [0.25, 0.3) is 22.4 Å². The third-order valence-corrected chi connectivity index (χ3v) is 7.36. The Morgan fingerprint density at radius 1 is 1.20 bits per heavy atom. The summed E-state index contributed by atoms with van der Waals surface area (Å²) in [6.45, 7) is 4.85. The first-order chi connectivity index (χ1) is 16.9. The predicted octanol–water partition coefficient (Wildman–Crippen LogP) is 5.61. The van der Waals surface area contributed by atoms with E-state index in [1.165, 1.54) is 10.7 Å². The van der Waals surface area contributed by atoms with E-state index in [1.54, 1.807) is 7.05 Å². The Bertz CT molecular complexity index is 1200. The molecule has 0 radical (unpaired) electrons. The molecule has 0 saturated heterocycles. The van der Waals surface area contributed by atoms with Crippen molar-refractivity contribution in [2.24, 2.45) is 0 Å². The van der Waals surface area contributed by atoms with Crippen LogP contribution in [0.4, 0.5) is 0 Å². The minimum absolute atomic E-state index is 0.210.